The minimum absolute atomic E-state index is 0.436. The SMILES string of the molecule is CCCCOCCNCc1ccc(Cl)o1. The predicted octanol–water partition coefficient (Wildman–Crippen LogP) is 2.84. The zero-order valence-corrected chi connectivity index (χ0v) is 9.85. The summed E-state index contributed by atoms with van der Waals surface area (Å²) in [4.78, 5) is 0. The molecule has 4 heteroatoms. The van der Waals surface area contributed by atoms with E-state index in [1.54, 1.807) is 6.07 Å². The molecule has 1 aromatic heterocycles. The van der Waals surface area contributed by atoms with E-state index in [2.05, 4.69) is 12.2 Å². The highest BCUT2D eigenvalue weighted by molar-refractivity contribution is 6.28. The van der Waals surface area contributed by atoms with Crippen molar-refractivity contribution in [2.45, 2.75) is 26.3 Å². The van der Waals surface area contributed by atoms with Crippen LogP contribution in [0, 0.1) is 0 Å². The van der Waals surface area contributed by atoms with E-state index in [-0.39, 0.29) is 0 Å². The first-order valence-electron chi connectivity index (χ1n) is 5.35. The highest BCUT2D eigenvalue weighted by Crippen LogP contribution is 2.12. The lowest BCUT2D eigenvalue weighted by Gasteiger charge is -2.03. The summed E-state index contributed by atoms with van der Waals surface area (Å²) >= 11 is 5.64. The van der Waals surface area contributed by atoms with Crippen LogP contribution >= 0.6 is 11.6 Å². The Kier molecular flexibility index (Phi) is 6.48. The Hall–Kier alpha value is -0.510. The molecule has 0 saturated carbocycles. The molecule has 0 atom stereocenters. The molecule has 15 heavy (non-hydrogen) atoms. The van der Waals surface area contributed by atoms with Gasteiger partial charge in [0.15, 0.2) is 5.22 Å². The predicted molar refractivity (Wildman–Crippen MR) is 61.2 cm³/mol. The Morgan fingerprint density at radius 3 is 2.93 bits per heavy atom. The number of rotatable bonds is 8. The summed E-state index contributed by atoms with van der Waals surface area (Å²) < 4.78 is 10.6. The molecule has 0 aliphatic heterocycles. The van der Waals surface area contributed by atoms with Gasteiger partial charge in [-0.2, -0.15) is 0 Å². The number of ether oxygens (including phenoxy) is 1. The molecule has 0 bridgehead atoms. The minimum Gasteiger partial charge on any atom is -0.448 e. The molecule has 1 N–H and O–H groups in total. The van der Waals surface area contributed by atoms with Gasteiger partial charge in [0, 0.05) is 13.2 Å². The standard InChI is InChI=1S/C11H18ClNO2/c1-2-3-7-14-8-6-13-9-10-4-5-11(12)15-10/h4-5,13H,2-3,6-9H2,1H3. The average Bonchev–Trinajstić information content (AvgIpc) is 2.63. The lowest BCUT2D eigenvalue weighted by molar-refractivity contribution is 0.132. The van der Waals surface area contributed by atoms with Crippen molar-refractivity contribution in [3.8, 4) is 0 Å². The smallest absolute Gasteiger partial charge is 0.193 e. The first-order valence-corrected chi connectivity index (χ1v) is 5.73. The van der Waals surface area contributed by atoms with E-state index in [1.807, 2.05) is 6.07 Å². The van der Waals surface area contributed by atoms with E-state index in [4.69, 9.17) is 20.8 Å². The molecule has 0 fully saturated rings. The van der Waals surface area contributed by atoms with Gasteiger partial charge < -0.3 is 14.5 Å². The molecule has 0 aliphatic rings. The summed E-state index contributed by atoms with van der Waals surface area (Å²) in [5.74, 6) is 0.855. The first kappa shape index (κ1) is 12.6. The third kappa shape index (κ3) is 5.82. The molecule has 1 rings (SSSR count). The fourth-order valence-electron chi connectivity index (χ4n) is 1.15. The quantitative estimate of drug-likeness (QED) is 0.699. The summed E-state index contributed by atoms with van der Waals surface area (Å²) in [7, 11) is 0. The fraction of sp³-hybridized carbons (Fsp3) is 0.636. The maximum atomic E-state index is 5.64. The van der Waals surface area contributed by atoms with Crippen molar-refractivity contribution >= 4 is 11.6 Å². The number of hydrogen-bond donors (Lipinski definition) is 1. The van der Waals surface area contributed by atoms with Gasteiger partial charge in [-0.3, -0.25) is 0 Å². The molecule has 0 aromatic carbocycles. The molecule has 86 valence electrons. The van der Waals surface area contributed by atoms with E-state index < -0.39 is 0 Å². The Labute approximate surface area is 95.7 Å². The van der Waals surface area contributed by atoms with Gasteiger partial charge in [0.25, 0.3) is 0 Å². The second kappa shape index (κ2) is 7.74. The monoisotopic (exact) mass is 231 g/mol. The van der Waals surface area contributed by atoms with Crippen LogP contribution in [0.3, 0.4) is 0 Å². The van der Waals surface area contributed by atoms with Gasteiger partial charge in [-0.25, -0.2) is 0 Å². The summed E-state index contributed by atoms with van der Waals surface area (Å²) in [6.45, 7) is 5.29. The maximum Gasteiger partial charge on any atom is 0.193 e. The van der Waals surface area contributed by atoms with Crippen LogP contribution in [0.15, 0.2) is 16.5 Å². The van der Waals surface area contributed by atoms with Crippen molar-refractivity contribution in [3.05, 3.63) is 23.1 Å². The van der Waals surface area contributed by atoms with Gasteiger partial charge in [0.1, 0.15) is 5.76 Å². The Morgan fingerprint density at radius 2 is 2.27 bits per heavy atom. The van der Waals surface area contributed by atoms with Gasteiger partial charge >= 0.3 is 0 Å². The second-order valence-corrected chi connectivity index (χ2v) is 3.72. The van der Waals surface area contributed by atoms with Crippen molar-refractivity contribution in [1.82, 2.24) is 5.32 Å². The average molecular weight is 232 g/mol. The van der Waals surface area contributed by atoms with Crippen LogP contribution < -0.4 is 5.32 Å². The number of nitrogens with one attached hydrogen (secondary N) is 1. The molecular weight excluding hydrogens is 214 g/mol. The summed E-state index contributed by atoms with van der Waals surface area (Å²) in [5, 5.41) is 3.65. The molecule has 0 spiro atoms. The van der Waals surface area contributed by atoms with E-state index in [9.17, 15) is 0 Å². The van der Waals surface area contributed by atoms with Crippen LogP contribution in [0.2, 0.25) is 5.22 Å². The molecular formula is C11H18ClNO2. The van der Waals surface area contributed by atoms with E-state index in [1.165, 1.54) is 6.42 Å². The molecule has 0 saturated heterocycles. The third-order valence-electron chi connectivity index (χ3n) is 1.99. The van der Waals surface area contributed by atoms with E-state index >= 15 is 0 Å². The van der Waals surface area contributed by atoms with Gasteiger partial charge in [-0.1, -0.05) is 13.3 Å². The second-order valence-electron chi connectivity index (χ2n) is 3.35. The highest BCUT2D eigenvalue weighted by Gasteiger charge is 1.98. The molecule has 0 unspecified atom stereocenters. The van der Waals surface area contributed by atoms with E-state index in [0.29, 0.717) is 11.8 Å². The Balaban J connectivity index is 1.93. The lowest BCUT2D eigenvalue weighted by atomic mass is 10.4. The fourth-order valence-corrected chi connectivity index (χ4v) is 1.31. The number of hydrogen-bond acceptors (Lipinski definition) is 3. The van der Waals surface area contributed by atoms with Crippen LogP contribution in [0.4, 0.5) is 0 Å². The molecule has 0 radical (unpaired) electrons. The van der Waals surface area contributed by atoms with Crippen molar-refractivity contribution in [1.29, 1.82) is 0 Å². The van der Waals surface area contributed by atoms with Crippen molar-refractivity contribution in [3.63, 3.8) is 0 Å². The van der Waals surface area contributed by atoms with Crippen molar-refractivity contribution in [2.24, 2.45) is 0 Å². The van der Waals surface area contributed by atoms with Crippen LogP contribution in [-0.4, -0.2) is 19.8 Å². The zero-order chi connectivity index (χ0) is 10.9. The van der Waals surface area contributed by atoms with Crippen LogP contribution in [0.5, 0.6) is 0 Å². The van der Waals surface area contributed by atoms with Crippen molar-refractivity contribution < 1.29 is 9.15 Å². The summed E-state index contributed by atoms with van der Waals surface area (Å²) in [5.41, 5.74) is 0. The summed E-state index contributed by atoms with van der Waals surface area (Å²) in [6, 6.07) is 3.61. The van der Waals surface area contributed by atoms with Gasteiger partial charge in [-0.15, -0.1) is 0 Å². The molecule has 3 nitrogen and oxygen atoms in total. The molecule has 1 aromatic rings. The number of halogens is 1. The molecule has 0 amide bonds. The highest BCUT2D eigenvalue weighted by atomic mass is 35.5. The van der Waals surface area contributed by atoms with Crippen LogP contribution in [0.25, 0.3) is 0 Å². The lowest BCUT2D eigenvalue weighted by Crippen LogP contribution is -2.19. The maximum absolute atomic E-state index is 5.64. The third-order valence-corrected chi connectivity index (χ3v) is 2.20. The Morgan fingerprint density at radius 1 is 1.40 bits per heavy atom. The summed E-state index contributed by atoms with van der Waals surface area (Å²) in [6.07, 6.45) is 2.31. The van der Waals surface area contributed by atoms with Crippen LogP contribution in [0.1, 0.15) is 25.5 Å². The minimum atomic E-state index is 0.436. The van der Waals surface area contributed by atoms with Gasteiger partial charge in [0.2, 0.25) is 0 Å². The number of unbranched alkanes of at least 4 members (excludes halogenated alkanes) is 1. The van der Waals surface area contributed by atoms with Crippen LogP contribution in [-0.2, 0) is 11.3 Å². The normalized spacial score (nSPS) is 10.8. The van der Waals surface area contributed by atoms with Gasteiger partial charge in [-0.05, 0) is 30.2 Å². The largest absolute Gasteiger partial charge is 0.448 e. The molecule has 0 aliphatic carbocycles. The first-order chi connectivity index (χ1) is 7.33. The molecule has 1 heterocycles. The van der Waals surface area contributed by atoms with Crippen molar-refractivity contribution in [2.75, 3.05) is 19.8 Å². The Bertz CT molecular complexity index is 263. The zero-order valence-electron chi connectivity index (χ0n) is 9.09. The topological polar surface area (TPSA) is 34.4 Å². The van der Waals surface area contributed by atoms with E-state index in [0.717, 1.165) is 31.9 Å². The number of furan rings is 1. The van der Waals surface area contributed by atoms with Gasteiger partial charge in [0.05, 0.1) is 13.2 Å².